The van der Waals surface area contributed by atoms with E-state index in [-0.39, 0.29) is 11.9 Å². The Morgan fingerprint density at radius 3 is 2.56 bits per heavy atom. The molecule has 27 heavy (non-hydrogen) atoms. The molecule has 3 atom stereocenters. The summed E-state index contributed by atoms with van der Waals surface area (Å²) in [6.45, 7) is 4.85. The van der Waals surface area contributed by atoms with Crippen LogP contribution in [-0.2, 0) is 0 Å². The number of fused-ring (bicyclic) bond motifs is 2. The van der Waals surface area contributed by atoms with E-state index >= 15 is 0 Å². The summed E-state index contributed by atoms with van der Waals surface area (Å²) in [6, 6.07) is 9.03. The van der Waals surface area contributed by atoms with Crippen LogP contribution in [0.2, 0.25) is 0 Å². The van der Waals surface area contributed by atoms with Crippen LogP contribution in [0.15, 0.2) is 35.0 Å². The number of benzene rings is 1. The summed E-state index contributed by atoms with van der Waals surface area (Å²) in [7, 11) is 1.69. The fraction of sp³-hybridized carbons (Fsp3) is 0.524. The smallest absolute Gasteiger partial charge is 0.259 e. The number of methoxy groups -OCH3 is 1. The predicted octanol–water partition coefficient (Wildman–Crippen LogP) is 2.69. The van der Waals surface area contributed by atoms with Gasteiger partial charge in [0.15, 0.2) is 0 Å². The van der Waals surface area contributed by atoms with Crippen molar-refractivity contribution in [1.29, 1.82) is 0 Å². The van der Waals surface area contributed by atoms with Crippen molar-refractivity contribution < 1.29 is 14.1 Å². The molecule has 0 saturated carbocycles. The largest absolute Gasteiger partial charge is 0.497 e. The summed E-state index contributed by atoms with van der Waals surface area (Å²) in [4.78, 5) is 18.0. The molecular formula is C21H25N3O3. The lowest BCUT2D eigenvalue weighted by molar-refractivity contribution is -0.00345. The Kier molecular flexibility index (Phi) is 3.97. The second-order valence-corrected chi connectivity index (χ2v) is 7.99. The van der Waals surface area contributed by atoms with Crippen molar-refractivity contribution in [1.82, 2.24) is 15.0 Å². The highest BCUT2D eigenvalue weighted by Crippen LogP contribution is 2.47. The highest BCUT2D eigenvalue weighted by Gasteiger charge is 2.54. The molecule has 6 heteroatoms. The van der Waals surface area contributed by atoms with Gasteiger partial charge in [-0.25, -0.2) is 0 Å². The molecule has 2 bridgehead atoms. The SMILES string of the molecule is COc1ccc([C@@H]2CN(C(=O)c3cnoc3C)[C@@H]3C4CCN(CC4)[C@@H]32)cc1. The van der Waals surface area contributed by atoms with Crippen molar-refractivity contribution in [2.45, 2.75) is 37.8 Å². The van der Waals surface area contributed by atoms with Crippen molar-refractivity contribution in [3.8, 4) is 5.75 Å². The van der Waals surface area contributed by atoms with Gasteiger partial charge in [-0.3, -0.25) is 9.69 Å². The lowest BCUT2D eigenvalue weighted by Crippen LogP contribution is -2.60. The van der Waals surface area contributed by atoms with Crippen LogP contribution in [-0.4, -0.2) is 59.7 Å². The van der Waals surface area contributed by atoms with Crippen LogP contribution in [0.25, 0.3) is 0 Å². The van der Waals surface area contributed by atoms with Gasteiger partial charge in [0.05, 0.1) is 19.3 Å². The first-order chi connectivity index (χ1) is 13.2. The maximum atomic E-state index is 13.3. The number of amides is 1. The molecule has 0 spiro atoms. The molecule has 142 valence electrons. The van der Waals surface area contributed by atoms with E-state index in [1.807, 2.05) is 19.1 Å². The molecule has 4 fully saturated rings. The number of aryl methyl sites for hydroxylation is 1. The maximum absolute atomic E-state index is 13.3. The normalized spacial score (nSPS) is 31.8. The zero-order valence-electron chi connectivity index (χ0n) is 15.8. The van der Waals surface area contributed by atoms with Gasteiger partial charge in [0.1, 0.15) is 17.1 Å². The van der Waals surface area contributed by atoms with Crippen LogP contribution in [0.1, 0.15) is 40.4 Å². The van der Waals surface area contributed by atoms with Gasteiger partial charge >= 0.3 is 0 Å². The van der Waals surface area contributed by atoms with Gasteiger partial charge in [-0.15, -0.1) is 0 Å². The molecule has 5 heterocycles. The zero-order chi connectivity index (χ0) is 18.5. The first-order valence-corrected chi connectivity index (χ1v) is 9.77. The third-order valence-electron chi connectivity index (χ3n) is 6.78. The van der Waals surface area contributed by atoms with Crippen LogP contribution >= 0.6 is 0 Å². The highest BCUT2D eigenvalue weighted by molar-refractivity contribution is 5.95. The Hall–Kier alpha value is -2.34. The minimum absolute atomic E-state index is 0.0634. The Bertz CT molecular complexity index is 839. The van der Waals surface area contributed by atoms with Crippen LogP contribution < -0.4 is 4.74 Å². The van der Waals surface area contributed by atoms with Crippen LogP contribution in [0.3, 0.4) is 0 Å². The molecule has 1 amide bonds. The van der Waals surface area contributed by atoms with Crippen molar-refractivity contribution >= 4 is 5.91 Å². The van der Waals surface area contributed by atoms with Gasteiger partial charge in [0, 0.05) is 18.5 Å². The van der Waals surface area contributed by atoms with E-state index in [9.17, 15) is 4.79 Å². The van der Waals surface area contributed by atoms with Crippen molar-refractivity contribution in [2.75, 3.05) is 26.7 Å². The topological polar surface area (TPSA) is 58.8 Å². The summed E-state index contributed by atoms with van der Waals surface area (Å²) >= 11 is 0. The van der Waals surface area contributed by atoms with Gasteiger partial charge in [-0.1, -0.05) is 17.3 Å². The number of aromatic nitrogens is 1. The summed E-state index contributed by atoms with van der Waals surface area (Å²) in [5.74, 6) is 2.45. The monoisotopic (exact) mass is 367 g/mol. The Morgan fingerprint density at radius 1 is 1.19 bits per heavy atom. The van der Waals surface area contributed by atoms with Crippen molar-refractivity contribution in [3.05, 3.63) is 47.3 Å². The van der Waals surface area contributed by atoms with E-state index in [4.69, 9.17) is 9.26 Å². The summed E-state index contributed by atoms with van der Waals surface area (Å²) in [5, 5.41) is 3.82. The number of hydrogen-bond acceptors (Lipinski definition) is 5. The number of carbonyl (C=O) groups is 1. The van der Waals surface area contributed by atoms with Crippen molar-refractivity contribution in [3.63, 3.8) is 0 Å². The molecule has 6 nitrogen and oxygen atoms in total. The van der Waals surface area contributed by atoms with Crippen LogP contribution in [0.4, 0.5) is 0 Å². The molecule has 1 aromatic heterocycles. The number of piperidine rings is 3. The summed E-state index contributed by atoms with van der Waals surface area (Å²) in [6.07, 6.45) is 3.93. The number of nitrogens with zero attached hydrogens (tertiary/aromatic N) is 3. The lowest BCUT2D eigenvalue weighted by atomic mass is 9.75. The second kappa shape index (κ2) is 6.37. The molecule has 0 N–H and O–H groups in total. The van der Waals surface area contributed by atoms with Gasteiger partial charge in [-0.2, -0.15) is 0 Å². The van der Waals surface area contributed by atoms with E-state index in [1.54, 1.807) is 13.3 Å². The fourth-order valence-corrected chi connectivity index (χ4v) is 5.46. The predicted molar refractivity (Wildman–Crippen MR) is 99.9 cm³/mol. The van der Waals surface area contributed by atoms with Gasteiger partial charge in [0.25, 0.3) is 5.91 Å². The molecule has 2 aromatic rings. The molecule has 1 aromatic carbocycles. The van der Waals surface area contributed by atoms with Crippen molar-refractivity contribution in [2.24, 2.45) is 5.92 Å². The quantitative estimate of drug-likeness (QED) is 0.835. The molecule has 4 aliphatic rings. The van der Waals surface area contributed by atoms with E-state index < -0.39 is 0 Å². The second-order valence-electron chi connectivity index (χ2n) is 7.99. The molecule has 4 aliphatic heterocycles. The van der Waals surface area contributed by atoms with Crippen LogP contribution in [0, 0.1) is 12.8 Å². The first-order valence-electron chi connectivity index (χ1n) is 9.77. The number of likely N-dealkylation sites (tertiary alicyclic amines) is 1. The maximum Gasteiger partial charge on any atom is 0.259 e. The van der Waals surface area contributed by atoms with E-state index in [0.717, 1.165) is 25.4 Å². The van der Waals surface area contributed by atoms with Gasteiger partial charge in [0.2, 0.25) is 0 Å². The highest BCUT2D eigenvalue weighted by atomic mass is 16.5. The number of rotatable bonds is 3. The van der Waals surface area contributed by atoms with E-state index in [1.165, 1.54) is 18.4 Å². The first kappa shape index (κ1) is 16.8. The number of carbonyl (C=O) groups excluding carboxylic acids is 1. The minimum Gasteiger partial charge on any atom is -0.497 e. The Morgan fingerprint density at radius 2 is 1.93 bits per heavy atom. The Balaban J connectivity index is 1.51. The standard InChI is InChI=1S/C21H25N3O3/c1-13-17(11-22-27-13)21(25)24-12-18(14-3-5-16(26-2)6-4-14)20-19(24)15-7-9-23(20)10-8-15/h3-6,11,15,18-20H,7-10,12H2,1-2H3/t18-,19+,20+/m0/s1. The van der Waals surface area contributed by atoms with Crippen LogP contribution in [0.5, 0.6) is 5.75 Å². The number of ether oxygens (including phenoxy) is 1. The molecule has 0 unspecified atom stereocenters. The third kappa shape index (κ3) is 2.57. The zero-order valence-corrected chi connectivity index (χ0v) is 15.8. The molecule has 4 saturated heterocycles. The van der Waals surface area contributed by atoms with E-state index in [0.29, 0.717) is 29.2 Å². The number of hydrogen-bond donors (Lipinski definition) is 0. The third-order valence-corrected chi connectivity index (χ3v) is 6.78. The average molecular weight is 367 g/mol. The van der Waals surface area contributed by atoms with Gasteiger partial charge in [-0.05, 0) is 56.5 Å². The molecular weight excluding hydrogens is 342 g/mol. The summed E-state index contributed by atoms with van der Waals surface area (Å²) in [5.41, 5.74) is 1.89. The lowest BCUT2D eigenvalue weighted by Gasteiger charge is -2.51. The average Bonchev–Trinajstić information content (AvgIpc) is 3.34. The Labute approximate surface area is 159 Å². The van der Waals surface area contributed by atoms with Gasteiger partial charge < -0.3 is 14.2 Å². The molecule has 0 aliphatic carbocycles. The minimum atomic E-state index is 0.0634. The fourth-order valence-electron chi connectivity index (χ4n) is 5.46. The molecule has 6 rings (SSSR count). The molecule has 0 radical (unpaired) electrons. The summed E-state index contributed by atoms with van der Waals surface area (Å²) < 4.78 is 10.5. The van der Waals surface area contributed by atoms with E-state index in [2.05, 4.69) is 27.1 Å².